The number of nitrogens with zero attached hydrogens (tertiary/aromatic N) is 2. The maximum atomic E-state index is 13.0. The van der Waals surface area contributed by atoms with Crippen molar-refractivity contribution < 1.29 is 9.18 Å². The van der Waals surface area contributed by atoms with Gasteiger partial charge in [-0.1, -0.05) is 13.8 Å². The quantitative estimate of drug-likeness (QED) is 0.930. The van der Waals surface area contributed by atoms with E-state index in [9.17, 15) is 9.18 Å². The lowest BCUT2D eigenvalue weighted by molar-refractivity contribution is -0.119. The van der Waals surface area contributed by atoms with Crippen molar-refractivity contribution in [3.8, 4) is 5.69 Å². The summed E-state index contributed by atoms with van der Waals surface area (Å²) in [5, 5.41) is 7.19. The minimum atomic E-state index is -0.303. The summed E-state index contributed by atoms with van der Waals surface area (Å²) >= 11 is 0. The van der Waals surface area contributed by atoms with Crippen LogP contribution in [-0.4, -0.2) is 15.7 Å². The first-order valence-corrected chi connectivity index (χ1v) is 6.64. The first kappa shape index (κ1) is 14.2. The summed E-state index contributed by atoms with van der Waals surface area (Å²) in [6.45, 7) is 5.69. The van der Waals surface area contributed by atoms with Crippen molar-refractivity contribution in [1.82, 2.24) is 9.78 Å². The van der Waals surface area contributed by atoms with E-state index in [-0.39, 0.29) is 17.6 Å². The van der Waals surface area contributed by atoms with Crippen LogP contribution in [0.15, 0.2) is 30.3 Å². The molecule has 1 heterocycles. The van der Waals surface area contributed by atoms with Crippen LogP contribution < -0.4 is 5.32 Å². The Morgan fingerprint density at radius 2 is 2.05 bits per heavy atom. The fraction of sp³-hybridized carbons (Fsp3) is 0.333. The van der Waals surface area contributed by atoms with Gasteiger partial charge >= 0.3 is 0 Å². The number of carbonyl (C=O) groups excluding carboxylic acids is 1. The van der Waals surface area contributed by atoms with E-state index < -0.39 is 0 Å². The van der Waals surface area contributed by atoms with Gasteiger partial charge in [0.25, 0.3) is 0 Å². The number of halogens is 1. The number of aromatic nitrogens is 2. The zero-order valence-corrected chi connectivity index (χ0v) is 11.9. The van der Waals surface area contributed by atoms with Gasteiger partial charge in [0.15, 0.2) is 0 Å². The van der Waals surface area contributed by atoms with Crippen LogP contribution in [0.2, 0.25) is 0 Å². The minimum absolute atomic E-state index is 0.0456. The Morgan fingerprint density at radius 3 is 2.65 bits per heavy atom. The number of rotatable bonds is 4. The number of amides is 1. The molecule has 0 saturated carbocycles. The van der Waals surface area contributed by atoms with Gasteiger partial charge in [0.1, 0.15) is 11.6 Å². The molecule has 106 valence electrons. The Labute approximate surface area is 117 Å². The Balaban J connectivity index is 2.31. The van der Waals surface area contributed by atoms with E-state index in [1.807, 2.05) is 20.8 Å². The molecule has 2 rings (SSSR count). The lowest BCUT2D eigenvalue weighted by Gasteiger charge is -2.11. The van der Waals surface area contributed by atoms with E-state index >= 15 is 0 Å². The molecule has 20 heavy (non-hydrogen) atoms. The van der Waals surface area contributed by atoms with Gasteiger partial charge in [-0.25, -0.2) is 9.07 Å². The second-order valence-corrected chi connectivity index (χ2v) is 4.86. The lowest BCUT2D eigenvalue weighted by atomic mass is 10.1. The smallest absolute Gasteiger partial charge is 0.228 e. The van der Waals surface area contributed by atoms with Crippen molar-refractivity contribution in [2.24, 2.45) is 5.92 Å². The standard InChI is InChI=1S/C15H18FN3O/c1-4-10(2)15(20)17-14-9-11(3)18-19(14)13-7-5-12(16)6-8-13/h5-10H,4H2,1-3H3,(H,17,20). The molecule has 0 aliphatic heterocycles. The predicted molar refractivity (Wildman–Crippen MR) is 76.3 cm³/mol. The van der Waals surface area contributed by atoms with Gasteiger partial charge in [0.2, 0.25) is 5.91 Å². The predicted octanol–water partition coefficient (Wildman–Crippen LogP) is 3.30. The Kier molecular flexibility index (Phi) is 4.17. The zero-order valence-electron chi connectivity index (χ0n) is 11.9. The topological polar surface area (TPSA) is 46.9 Å². The number of anilines is 1. The summed E-state index contributed by atoms with van der Waals surface area (Å²) in [6, 6.07) is 7.78. The highest BCUT2D eigenvalue weighted by atomic mass is 19.1. The second-order valence-electron chi connectivity index (χ2n) is 4.86. The van der Waals surface area contributed by atoms with Gasteiger partial charge < -0.3 is 5.32 Å². The van der Waals surface area contributed by atoms with Crippen LogP contribution in [0, 0.1) is 18.7 Å². The molecule has 1 unspecified atom stereocenters. The van der Waals surface area contributed by atoms with Crippen LogP contribution >= 0.6 is 0 Å². The van der Waals surface area contributed by atoms with Crippen molar-refractivity contribution in [1.29, 1.82) is 0 Å². The summed E-state index contributed by atoms with van der Waals surface area (Å²) in [5.74, 6) is 0.185. The summed E-state index contributed by atoms with van der Waals surface area (Å²) in [5.41, 5.74) is 1.49. The molecule has 1 aromatic carbocycles. The first-order valence-electron chi connectivity index (χ1n) is 6.64. The number of carbonyl (C=O) groups is 1. The van der Waals surface area contributed by atoms with E-state index in [0.29, 0.717) is 11.5 Å². The molecule has 1 aromatic heterocycles. The van der Waals surface area contributed by atoms with Gasteiger partial charge in [-0.3, -0.25) is 4.79 Å². The Bertz CT molecular complexity index is 604. The lowest BCUT2D eigenvalue weighted by Crippen LogP contribution is -2.21. The fourth-order valence-electron chi connectivity index (χ4n) is 1.80. The number of nitrogens with one attached hydrogen (secondary N) is 1. The fourth-order valence-corrected chi connectivity index (χ4v) is 1.80. The van der Waals surface area contributed by atoms with Crippen LogP contribution in [0.5, 0.6) is 0 Å². The molecule has 0 saturated heterocycles. The molecule has 1 N–H and O–H groups in total. The Hall–Kier alpha value is -2.17. The average Bonchev–Trinajstić information content (AvgIpc) is 2.79. The highest BCUT2D eigenvalue weighted by molar-refractivity contribution is 5.91. The molecule has 0 radical (unpaired) electrons. The number of hydrogen-bond donors (Lipinski definition) is 1. The third-order valence-corrected chi connectivity index (χ3v) is 3.21. The average molecular weight is 275 g/mol. The molecular formula is C15H18FN3O. The van der Waals surface area contributed by atoms with Crippen LogP contribution in [0.1, 0.15) is 26.0 Å². The van der Waals surface area contributed by atoms with Crippen molar-refractivity contribution in [3.63, 3.8) is 0 Å². The molecular weight excluding hydrogens is 257 g/mol. The summed E-state index contributed by atoms with van der Waals surface area (Å²) < 4.78 is 14.6. The number of aryl methyl sites for hydroxylation is 1. The second kappa shape index (κ2) is 5.86. The SMILES string of the molecule is CCC(C)C(=O)Nc1cc(C)nn1-c1ccc(F)cc1. The third kappa shape index (κ3) is 3.04. The molecule has 2 aromatic rings. The van der Waals surface area contributed by atoms with Crippen molar-refractivity contribution in [3.05, 3.63) is 41.8 Å². The van der Waals surface area contributed by atoms with Gasteiger partial charge in [-0.15, -0.1) is 0 Å². The number of hydrogen-bond acceptors (Lipinski definition) is 2. The normalized spacial score (nSPS) is 12.2. The maximum absolute atomic E-state index is 13.0. The Morgan fingerprint density at radius 1 is 1.40 bits per heavy atom. The van der Waals surface area contributed by atoms with E-state index in [1.54, 1.807) is 22.9 Å². The largest absolute Gasteiger partial charge is 0.310 e. The van der Waals surface area contributed by atoms with Crippen LogP contribution in [0.25, 0.3) is 5.69 Å². The summed E-state index contributed by atoms with van der Waals surface area (Å²) in [4.78, 5) is 12.0. The van der Waals surface area contributed by atoms with E-state index in [4.69, 9.17) is 0 Å². The minimum Gasteiger partial charge on any atom is -0.310 e. The molecule has 0 aliphatic rings. The molecule has 1 amide bonds. The van der Waals surface area contributed by atoms with E-state index in [2.05, 4.69) is 10.4 Å². The van der Waals surface area contributed by atoms with Gasteiger partial charge in [0.05, 0.1) is 11.4 Å². The molecule has 4 nitrogen and oxygen atoms in total. The maximum Gasteiger partial charge on any atom is 0.228 e. The van der Waals surface area contributed by atoms with Gasteiger partial charge in [-0.05, 0) is 37.6 Å². The van der Waals surface area contributed by atoms with Gasteiger partial charge in [-0.2, -0.15) is 5.10 Å². The third-order valence-electron chi connectivity index (χ3n) is 3.21. The highest BCUT2D eigenvalue weighted by Gasteiger charge is 2.14. The molecule has 5 heteroatoms. The molecule has 0 spiro atoms. The highest BCUT2D eigenvalue weighted by Crippen LogP contribution is 2.18. The first-order chi connectivity index (χ1) is 9.51. The van der Waals surface area contributed by atoms with Crippen molar-refractivity contribution in [2.75, 3.05) is 5.32 Å². The van der Waals surface area contributed by atoms with Crippen molar-refractivity contribution >= 4 is 11.7 Å². The van der Waals surface area contributed by atoms with E-state index in [0.717, 1.165) is 12.1 Å². The molecule has 0 fully saturated rings. The van der Waals surface area contributed by atoms with Crippen LogP contribution in [0.4, 0.5) is 10.2 Å². The molecule has 0 bridgehead atoms. The van der Waals surface area contributed by atoms with E-state index in [1.165, 1.54) is 12.1 Å². The molecule has 1 atom stereocenters. The summed E-state index contributed by atoms with van der Waals surface area (Å²) in [6.07, 6.45) is 0.773. The number of benzene rings is 1. The van der Waals surface area contributed by atoms with Gasteiger partial charge in [0, 0.05) is 12.0 Å². The molecule has 0 aliphatic carbocycles. The zero-order chi connectivity index (χ0) is 14.7. The van der Waals surface area contributed by atoms with Crippen molar-refractivity contribution in [2.45, 2.75) is 27.2 Å². The summed E-state index contributed by atoms with van der Waals surface area (Å²) in [7, 11) is 0. The van der Waals surface area contributed by atoms with Crippen LogP contribution in [0.3, 0.4) is 0 Å². The monoisotopic (exact) mass is 275 g/mol. The van der Waals surface area contributed by atoms with Crippen LogP contribution in [-0.2, 0) is 4.79 Å².